The second kappa shape index (κ2) is 7.28. The molecule has 3 aromatic rings. The molecule has 1 aromatic heterocycles. The van der Waals surface area contributed by atoms with Crippen LogP contribution in [0.3, 0.4) is 0 Å². The van der Waals surface area contributed by atoms with Gasteiger partial charge in [0.15, 0.2) is 5.82 Å². The number of anilines is 1. The largest absolute Gasteiger partial charge is 0.471 e. The number of alkyl halides is 3. The molecule has 1 amide bonds. The third kappa shape index (κ3) is 4.29. The molecule has 0 spiro atoms. The molecule has 9 heteroatoms. The number of nitrogens with zero attached hydrogens (tertiary/aromatic N) is 2. The monoisotopic (exact) mass is 425 g/mol. The Labute approximate surface area is 154 Å². The van der Waals surface area contributed by atoms with Gasteiger partial charge in [-0.2, -0.15) is 18.2 Å². The zero-order valence-electron chi connectivity index (χ0n) is 13.0. The van der Waals surface area contributed by atoms with Gasteiger partial charge in [-0.25, -0.2) is 0 Å². The van der Waals surface area contributed by atoms with Gasteiger partial charge in [0.2, 0.25) is 0 Å². The lowest BCUT2D eigenvalue weighted by molar-refractivity contribution is -0.167. The molecular formula is C17H11BrF3N3O2. The molecule has 0 unspecified atom stereocenters. The summed E-state index contributed by atoms with van der Waals surface area (Å²) in [4.78, 5) is 15.3. The SMILES string of the molecule is O=C(Nc1ccc(-c2nc(Cc3ccccc3)no2)cc1Br)C(F)(F)F. The topological polar surface area (TPSA) is 68.0 Å². The fraction of sp³-hybridized carbons (Fsp3) is 0.118. The van der Waals surface area contributed by atoms with Crippen LogP contribution in [0.4, 0.5) is 18.9 Å². The summed E-state index contributed by atoms with van der Waals surface area (Å²) < 4.78 is 42.5. The molecule has 0 fully saturated rings. The van der Waals surface area contributed by atoms with E-state index in [0.717, 1.165) is 5.56 Å². The van der Waals surface area contributed by atoms with Gasteiger partial charge in [-0.05, 0) is 39.7 Å². The Balaban J connectivity index is 1.76. The van der Waals surface area contributed by atoms with Crippen LogP contribution in [-0.4, -0.2) is 22.2 Å². The Hall–Kier alpha value is -2.68. The van der Waals surface area contributed by atoms with Crippen LogP contribution in [0.15, 0.2) is 57.5 Å². The van der Waals surface area contributed by atoms with E-state index in [9.17, 15) is 18.0 Å². The van der Waals surface area contributed by atoms with Gasteiger partial charge in [0.25, 0.3) is 5.89 Å². The van der Waals surface area contributed by atoms with E-state index >= 15 is 0 Å². The molecule has 2 aromatic carbocycles. The number of hydrogen-bond acceptors (Lipinski definition) is 4. The van der Waals surface area contributed by atoms with Crippen LogP contribution in [0, 0.1) is 0 Å². The number of aromatic nitrogens is 2. The van der Waals surface area contributed by atoms with Gasteiger partial charge in [-0.1, -0.05) is 35.5 Å². The Bertz CT molecular complexity index is 927. The maximum atomic E-state index is 12.3. The summed E-state index contributed by atoms with van der Waals surface area (Å²) in [6, 6.07) is 13.9. The van der Waals surface area contributed by atoms with Gasteiger partial charge in [-0.3, -0.25) is 4.79 Å². The summed E-state index contributed by atoms with van der Waals surface area (Å²) in [5, 5.41) is 5.69. The summed E-state index contributed by atoms with van der Waals surface area (Å²) in [6.45, 7) is 0. The van der Waals surface area contributed by atoms with Crippen molar-refractivity contribution < 1.29 is 22.5 Å². The highest BCUT2D eigenvalue weighted by Gasteiger charge is 2.38. The second-order valence-corrected chi connectivity index (χ2v) is 6.18. The minimum absolute atomic E-state index is 0.0138. The summed E-state index contributed by atoms with van der Waals surface area (Å²) in [5.41, 5.74) is 1.51. The molecule has 0 saturated carbocycles. The first-order valence-corrected chi connectivity index (χ1v) is 8.17. The van der Waals surface area contributed by atoms with Crippen LogP contribution in [-0.2, 0) is 11.2 Å². The van der Waals surface area contributed by atoms with E-state index in [0.29, 0.717) is 17.8 Å². The van der Waals surface area contributed by atoms with Crippen LogP contribution in [0.5, 0.6) is 0 Å². The normalized spacial score (nSPS) is 11.4. The fourth-order valence-electron chi connectivity index (χ4n) is 2.16. The standard InChI is InChI=1S/C17H11BrF3N3O2/c18-12-9-11(6-7-13(12)22-16(25)17(19,20)21)15-23-14(24-26-15)8-10-4-2-1-3-5-10/h1-7,9H,8H2,(H,22,25). The third-order valence-corrected chi connectivity index (χ3v) is 4.05. The Morgan fingerprint density at radius 3 is 2.54 bits per heavy atom. The Morgan fingerprint density at radius 1 is 1.15 bits per heavy atom. The third-order valence-electron chi connectivity index (χ3n) is 3.39. The molecule has 134 valence electrons. The molecule has 3 rings (SSSR count). The van der Waals surface area contributed by atoms with E-state index in [1.54, 1.807) is 5.32 Å². The van der Waals surface area contributed by atoms with Crippen molar-refractivity contribution in [1.29, 1.82) is 0 Å². The number of nitrogens with one attached hydrogen (secondary N) is 1. The van der Waals surface area contributed by atoms with Crippen LogP contribution < -0.4 is 5.32 Å². The average Bonchev–Trinajstić information content (AvgIpc) is 3.05. The summed E-state index contributed by atoms with van der Waals surface area (Å²) >= 11 is 3.13. The maximum absolute atomic E-state index is 12.3. The number of carbonyl (C=O) groups is 1. The van der Waals surface area contributed by atoms with Crippen molar-refractivity contribution in [3.05, 3.63) is 64.4 Å². The molecule has 0 atom stereocenters. The molecule has 0 bridgehead atoms. The van der Waals surface area contributed by atoms with Crippen molar-refractivity contribution in [3.8, 4) is 11.5 Å². The van der Waals surface area contributed by atoms with Crippen molar-refractivity contribution >= 4 is 27.5 Å². The van der Waals surface area contributed by atoms with E-state index < -0.39 is 12.1 Å². The number of halogens is 4. The van der Waals surface area contributed by atoms with Gasteiger partial charge >= 0.3 is 12.1 Å². The van der Waals surface area contributed by atoms with E-state index in [2.05, 4.69) is 26.1 Å². The smallest absolute Gasteiger partial charge is 0.334 e. The molecule has 0 radical (unpaired) electrons. The average molecular weight is 426 g/mol. The van der Waals surface area contributed by atoms with Gasteiger partial charge < -0.3 is 9.84 Å². The Morgan fingerprint density at radius 2 is 1.88 bits per heavy atom. The van der Waals surface area contributed by atoms with E-state index in [1.807, 2.05) is 30.3 Å². The highest BCUT2D eigenvalue weighted by atomic mass is 79.9. The van der Waals surface area contributed by atoms with Crippen molar-refractivity contribution in [2.45, 2.75) is 12.6 Å². The molecule has 0 aliphatic rings. The quantitative estimate of drug-likeness (QED) is 0.663. The molecular weight excluding hydrogens is 415 g/mol. The zero-order valence-corrected chi connectivity index (χ0v) is 14.6. The summed E-state index contributed by atoms with van der Waals surface area (Å²) in [5.74, 6) is -1.34. The molecule has 1 N–H and O–H groups in total. The number of amides is 1. The first kappa shape index (κ1) is 18.1. The minimum atomic E-state index is -4.96. The Kier molecular flexibility index (Phi) is 5.08. The molecule has 5 nitrogen and oxygen atoms in total. The molecule has 26 heavy (non-hydrogen) atoms. The number of benzene rings is 2. The van der Waals surface area contributed by atoms with Crippen molar-refractivity contribution in [2.24, 2.45) is 0 Å². The van der Waals surface area contributed by atoms with Gasteiger partial charge in [0.05, 0.1) is 5.69 Å². The van der Waals surface area contributed by atoms with E-state index in [4.69, 9.17) is 4.52 Å². The molecule has 0 aliphatic heterocycles. The lowest BCUT2D eigenvalue weighted by Gasteiger charge is -2.09. The number of hydrogen-bond donors (Lipinski definition) is 1. The van der Waals surface area contributed by atoms with Crippen LogP contribution in [0.2, 0.25) is 0 Å². The van der Waals surface area contributed by atoms with Gasteiger partial charge in [0, 0.05) is 16.5 Å². The van der Waals surface area contributed by atoms with Crippen molar-refractivity contribution in [2.75, 3.05) is 5.32 Å². The van der Waals surface area contributed by atoms with Crippen LogP contribution in [0.1, 0.15) is 11.4 Å². The van der Waals surface area contributed by atoms with Crippen LogP contribution >= 0.6 is 15.9 Å². The van der Waals surface area contributed by atoms with E-state index in [1.165, 1.54) is 18.2 Å². The zero-order chi connectivity index (χ0) is 18.7. The van der Waals surface area contributed by atoms with Gasteiger partial charge in [0.1, 0.15) is 0 Å². The highest BCUT2D eigenvalue weighted by molar-refractivity contribution is 9.10. The first-order chi connectivity index (χ1) is 12.3. The van der Waals surface area contributed by atoms with Crippen molar-refractivity contribution in [1.82, 2.24) is 10.1 Å². The molecule has 0 saturated heterocycles. The summed E-state index contributed by atoms with van der Waals surface area (Å²) in [6.07, 6.45) is -4.47. The highest BCUT2D eigenvalue weighted by Crippen LogP contribution is 2.30. The molecule has 0 aliphatic carbocycles. The molecule has 1 heterocycles. The van der Waals surface area contributed by atoms with E-state index in [-0.39, 0.29) is 16.1 Å². The lowest BCUT2D eigenvalue weighted by atomic mass is 10.1. The van der Waals surface area contributed by atoms with Crippen molar-refractivity contribution in [3.63, 3.8) is 0 Å². The first-order valence-electron chi connectivity index (χ1n) is 7.37. The van der Waals surface area contributed by atoms with Gasteiger partial charge in [-0.15, -0.1) is 0 Å². The minimum Gasteiger partial charge on any atom is -0.334 e. The number of rotatable bonds is 4. The number of carbonyl (C=O) groups excluding carboxylic acids is 1. The van der Waals surface area contributed by atoms with Crippen LogP contribution in [0.25, 0.3) is 11.5 Å². The maximum Gasteiger partial charge on any atom is 0.471 e. The fourth-order valence-corrected chi connectivity index (χ4v) is 2.64. The predicted octanol–water partition coefficient (Wildman–Crippen LogP) is 4.59. The lowest BCUT2D eigenvalue weighted by Crippen LogP contribution is -2.30. The summed E-state index contributed by atoms with van der Waals surface area (Å²) in [7, 11) is 0. The second-order valence-electron chi connectivity index (χ2n) is 5.32. The predicted molar refractivity (Wildman–Crippen MR) is 91.4 cm³/mol.